The first kappa shape index (κ1) is 23.8. The second kappa shape index (κ2) is 9.98. The number of fused-ring (bicyclic) bond motifs is 1. The summed E-state index contributed by atoms with van der Waals surface area (Å²) in [4.78, 5) is 23.7. The summed E-state index contributed by atoms with van der Waals surface area (Å²) in [7, 11) is 0. The van der Waals surface area contributed by atoms with Gasteiger partial charge in [-0.15, -0.1) is 0 Å². The molecule has 2 heterocycles. The molecule has 3 aromatic carbocycles. The van der Waals surface area contributed by atoms with E-state index in [0.717, 1.165) is 27.6 Å². The lowest BCUT2D eigenvalue weighted by Crippen LogP contribution is -2.16. The molecule has 1 unspecified atom stereocenters. The van der Waals surface area contributed by atoms with Crippen molar-refractivity contribution in [3.8, 4) is 22.5 Å². The van der Waals surface area contributed by atoms with Crippen molar-refractivity contribution in [2.75, 3.05) is 5.32 Å². The van der Waals surface area contributed by atoms with Crippen LogP contribution in [0, 0.1) is 6.92 Å². The van der Waals surface area contributed by atoms with Crippen LogP contribution in [0.3, 0.4) is 0 Å². The Bertz CT molecular complexity index is 1570. The molecule has 0 radical (unpaired) electrons. The maximum atomic E-state index is 12.7. The first-order valence-corrected chi connectivity index (χ1v) is 11.7. The number of aromatic amines is 1. The number of nitrogens with zero attached hydrogens (tertiary/aromatic N) is 2. The molecule has 5 rings (SSSR count). The monoisotopic (exact) mass is 496 g/mol. The van der Waals surface area contributed by atoms with Gasteiger partial charge in [0.05, 0.1) is 12.0 Å². The van der Waals surface area contributed by atoms with Crippen molar-refractivity contribution < 1.29 is 24.0 Å². The van der Waals surface area contributed by atoms with Crippen LogP contribution in [0.2, 0.25) is 0 Å². The number of amides is 1. The zero-order valence-electron chi connectivity index (χ0n) is 20.2. The number of hydrogen-bond donors (Lipinski definition) is 3. The predicted molar refractivity (Wildman–Crippen MR) is 138 cm³/mol. The van der Waals surface area contributed by atoms with Gasteiger partial charge < -0.3 is 14.4 Å². The van der Waals surface area contributed by atoms with Crippen LogP contribution in [0.1, 0.15) is 29.8 Å². The summed E-state index contributed by atoms with van der Waals surface area (Å²) in [5.41, 5.74) is 5.62. The standard InChI is InChI=1S/C28H24N4O5/c1-16-25(30-28(35)36-17(2)19-6-4-3-5-7-19)27(37-32-16)22-13-12-21(23-15-29-31-26(22)23)20-10-8-18(9-11-20)14-24(33)34/h3-13,15,17H,14H2,1-2H3,(H,29,31)(H,30,35)(H,33,34). The van der Waals surface area contributed by atoms with E-state index in [1.54, 1.807) is 32.2 Å². The Morgan fingerprint density at radius 2 is 1.78 bits per heavy atom. The Kier molecular flexibility index (Phi) is 6.42. The smallest absolute Gasteiger partial charge is 0.412 e. The highest BCUT2D eigenvalue weighted by Gasteiger charge is 2.23. The van der Waals surface area contributed by atoms with Gasteiger partial charge in [0.2, 0.25) is 0 Å². The third kappa shape index (κ3) is 4.92. The molecular weight excluding hydrogens is 472 g/mol. The van der Waals surface area contributed by atoms with Crippen LogP contribution in [0.4, 0.5) is 10.5 Å². The average Bonchev–Trinajstić information content (AvgIpc) is 3.52. The fourth-order valence-electron chi connectivity index (χ4n) is 4.23. The molecule has 37 heavy (non-hydrogen) atoms. The third-order valence-corrected chi connectivity index (χ3v) is 6.11. The van der Waals surface area contributed by atoms with Gasteiger partial charge in [0, 0.05) is 11.6 Å². The fourth-order valence-corrected chi connectivity index (χ4v) is 4.23. The van der Waals surface area contributed by atoms with Crippen LogP contribution in [0.5, 0.6) is 0 Å². The number of H-pyrrole nitrogens is 1. The Morgan fingerprint density at radius 1 is 1.05 bits per heavy atom. The highest BCUT2D eigenvalue weighted by molar-refractivity contribution is 6.04. The number of aryl methyl sites for hydroxylation is 1. The summed E-state index contributed by atoms with van der Waals surface area (Å²) in [6, 6.07) is 20.6. The second-order valence-electron chi connectivity index (χ2n) is 8.63. The van der Waals surface area contributed by atoms with E-state index in [1.165, 1.54) is 0 Å². The molecule has 0 fully saturated rings. The van der Waals surface area contributed by atoms with E-state index in [0.29, 0.717) is 28.2 Å². The largest absolute Gasteiger partial charge is 0.481 e. The van der Waals surface area contributed by atoms with Crippen LogP contribution in [0.25, 0.3) is 33.4 Å². The maximum absolute atomic E-state index is 12.7. The van der Waals surface area contributed by atoms with Gasteiger partial charge in [-0.1, -0.05) is 65.8 Å². The maximum Gasteiger partial charge on any atom is 0.412 e. The molecule has 1 atom stereocenters. The summed E-state index contributed by atoms with van der Waals surface area (Å²) >= 11 is 0. The number of benzene rings is 3. The Hall–Kier alpha value is -4.92. The molecule has 2 aromatic heterocycles. The molecule has 9 nitrogen and oxygen atoms in total. The predicted octanol–water partition coefficient (Wildman–Crippen LogP) is 6.13. The molecule has 0 saturated heterocycles. The second-order valence-corrected chi connectivity index (χ2v) is 8.63. The number of hydrogen-bond acceptors (Lipinski definition) is 6. The van der Waals surface area contributed by atoms with Gasteiger partial charge in [0.25, 0.3) is 0 Å². The van der Waals surface area contributed by atoms with Crippen LogP contribution in [-0.4, -0.2) is 32.5 Å². The van der Waals surface area contributed by atoms with Gasteiger partial charge in [-0.25, -0.2) is 4.79 Å². The molecule has 0 saturated carbocycles. The summed E-state index contributed by atoms with van der Waals surface area (Å²) in [5, 5.41) is 24.0. The van der Waals surface area contributed by atoms with Crippen LogP contribution < -0.4 is 5.32 Å². The zero-order chi connectivity index (χ0) is 25.9. The number of aliphatic carboxylic acids is 1. The molecule has 3 N–H and O–H groups in total. The lowest BCUT2D eigenvalue weighted by Gasteiger charge is -2.14. The van der Waals surface area contributed by atoms with Gasteiger partial charge in [-0.3, -0.25) is 15.2 Å². The van der Waals surface area contributed by atoms with Crippen molar-refractivity contribution in [3.05, 3.63) is 89.7 Å². The molecule has 9 heteroatoms. The molecule has 0 aliphatic carbocycles. The Balaban J connectivity index is 1.43. The van der Waals surface area contributed by atoms with Gasteiger partial charge in [0.15, 0.2) is 5.76 Å². The van der Waals surface area contributed by atoms with Crippen molar-refractivity contribution in [1.82, 2.24) is 15.4 Å². The minimum absolute atomic E-state index is 0.0342. The lowest BCUT2D eigenvalue weighted by atomic mass is 9.97. The van der Waals surface area contributed by atoms with Gasteiger partial charge >= 0.3 is 12.1 Å². The van der Waals surface area contributed by atoms with Crippen molar-refractivity contribution in [2.24, 2.45) is 0 Å². The van der Waals surface area contributed by atoms with E-state index in [9.17, 15) is 9.59 Å². The molecule has 1 amide bonds. The number of aromatic nitrogens is 3. The van der Waals surface area contributed by atoms with Crippen LogP contribution in [0.15, 0.2) is 77.4 Å². The zero-order valence-corrected chi connectivity index (χ0v) is 20.2. The quantitative estimate of drug-likeness (QED) is 0.247. The minimum Gasteiger partial charge on any atom is -0.481 e. The van der Waals surface area contributed by atoms with E-state index < -0.39 is 18.2 Å². The average molecular weight is 497 g/mol. The molecule has 0 spiro atoms. The number of rotatable bonds is 7. The van der Waals surface area contributed by atoms with E-state index in [1.807, 2.05) is 54.6 Å². The third-order valence-electron chi connectivity index (χ3n) is 6.11. The van der Waals surface area contributed by atoms with Crippen molar-refractivity contribution in [1.29, 1.82) is 0 Å². The molecular formula is C28H24N4O5. The lowest BCUT2D eigenvalue weighted by molar-refractivity contribution is -0.136. The van der Waals surface area contributed by atoms with Crippen LogP contribution >= 0.6 is 0 Å². The number of carbonyl (C=O) groups is 2. The number of ether oxygens (including phenoxy) is 1. The van der Waals surface area contributed by atoms with Gasteiger partial charge in [-0.2, -0.15) is 5.10 Å². The molecule has 186 valence electrons. The first-order valence-electron chi connectivity index (χ1n) is 11.7. The van der Waals surface area contributed by atoms with Crippen molar-refractivity contribution in [2.45, 2.75) is 26.4 Å². The van der Waals surface area contributed by atoms with Gasteiger partial charge in [0.1, 0.15) is 23.0 Å². The summed E-state index contributed by atoms with van der Waals surface area (Å²) in [5.74, 6) is -0.512. The number of anilines is 1. The summed E-state index contributed by atoms with van der Waals surface area (Å²) in [6.45, 7) is 3.54. The SMILES string of the molecule is Cc1noc(-c2ccc(-c3ccc(CC(=O)O)cc3)c3c[nH]nc23)c1NC(=O)OC(C)c1ccccc1. The minimum atomic E-state index is -0.875. The number of nitrogens with one attached hydrogen (secondary N) is 2. The summed E-state index contributed by atoms with van der Waals surface area (Å²) in [6.07, 6.45) is 0.684. The van der Waals surface area contributed by atoms with E-state index in [2.05, 4.69) is 20.7 Å². The molecule has 5 aromatic rings. The van der Waals surface area contributed by atoms with Crippen molar-refractivity contribution in [3.63, 3.8) is 0 Å². The van der Waals surface area contributed by atoms with Crippen LogP contribution in [-0.2, 0) is 16.0 Å². The number of carbonyl (C=O) groups excluding carboxylic acids is 1. The highest BCUT2D eigenvalue weighted by atomic mass is 16.6. The fraction of sp³-hybridized carbons (Fsp3) is 0.143. The van der Waals surface area contributed by atoms with E-state index in [4.69, 9.17) is 14.4 Å². The Labute approximate surface area is 212 Å². The number of carboxylic acids is 1. The number of carboxylic acid groups (broad SMARTS) is 1. The highest BCUT2D eigenvalue weighted by Crippen LogP contribution is 2.38. The molecule has 0 aliphatic rings. The van der Waals surface area contributed by atoms with E-state index >= 15 is 0 Å². The first-order chi connectivity index (χ1) is 17.9. The molecule has 0 bridgehead atoms. The topological polar surface area (TPSA) is 130 Å². The van der Waals surface area contributed by atoms with Crippen molar-refractivity contribution >= 4 is 28.7 Å². The van der Waals surface area contributed by atoms with E-state index in [-0.39, 0.29) is 6.42 Å². The Morgan fingerprint density at radius 3 is 2.51 bits per heavy atom. The molecule has 0 aliphatic heterocycles. The van der Waals surface area contributed by atoms with Gasteiger partial charge in [-0.05, 0) is 42.2 Å². The summed E-state index contributed by atoms with van der Waals surface area (Å²) < 4.78 is 11.2. The normalized spacial score (nSPS) is 11.8.